The second kappa shape index (κ2) is 6.04. The Labute approximate surface area is 116 Å². The summed E-state index contributed by atoms with van der Waals surface area (Å²) in [6.45, 7) is 1.56. The molecule has 0 saturated carbocycles. The minimum Gasteiger partial charge on any atom is -0.355 e. The maximum atomic E-state index is 12.0. The number of hydrogen-bond acceptors (Lipinski definition) is 3. The van der Waals surface area contributed by atoms with Crippen LogP contribution in [0.25, 0.3) is 0 Å². The maximum Gasteiger partial charge on any atom is 0.252 e. The molecule has 3 N–H and O–H groups in total. The molecule has 1 atom stereocenters. The van der Waals surface area contributed by atoms with Crippen molar-refractivity contribution in [2.75, 3.05) is 25.5 Å². The van der Waals surface area contributed by atoms with Gasteiger partial charge < -0.3 is 16.0 Å². The van der Waals surface area contributed by atoms with Crippen LogP contribution < -0.4 is 16.0 Å². The van der Waals surface area contributed by atoms with Gasteiger partial charge in [-0.15, -0.1) is 0 Å². The van der Waals surface area contributed by atoms with Crippen LogP contribution in [0.2, 0.25) is 5.02 Å². The molecular formula is C13H16ClN3O2. The van der Waals surface area contributed by atoms with E-state index in [0.29, 0.717) is 22.8 Å². The van der Waals surface area contributed by atoms with Crippen molar-refractivity contribution in [3.05, 3.63) is 28.8 Å². The summed E-state index contributed by atoms with van der Waals surface area (Å²) in [6, 6.07) is 4.88. The minimum atomic E-state index is -0.274. The van der Waals surface area contributed by atoms with E-state index in [0.717, 1.165) is 13.0 Å². The van der Waals surface area contributed by atoms with E-state index in [1.165, 1.54) is 7.05 Å². The number of anilines is 1. The molecule has 1 aromatic rings. The summed E-state index contributed by atoms with van der Waals surface area (Å²) >= 11 is 5.95. The van der Waals surface area contributed by atoms with Gasteiger partial charge in [0.25, 0.3) is 5.91 Å². The Balaban J connectivity index is 2.12. The molecule has 0 aromatic heterocycles. The Kier molecular flexibility index (Phi) is 4.39. The molecule has 0 aliphatic carbocycles. The van der Waals surface area contributed by atoms with E-state index in [1.54, 1.807) is 18.2 Å². The number of nitrogens with one attached hydrogen (secondary N) is 3. The normalized spacial score (nSPS) is 18.1. The van der Waals surface area contributed by atoms with E-state index in [2.05, 4.69) is 16.0 Å². The highest BCUT2D eigenvalue weighted by atomic mass is 35.5. The van der Waals surface area contributed by atoms with E-state index in [1.807, 2.05) is 0 Å². The second-order valence-electron chi connectivity index (χ2n) is 4.45. The predicted molar refractivity (Wildman–Crippen MR) is 74.4 cm³/mol. The van der Waals surface area contributed by atoms with Crippen LogP contribution in [0.1, 0.15) is 16.8 Å². The number of carbonyl (C=O) groups is 2. The third kappa shape index (κ3) is 3.24. The van der Waals surface area contributed by atoms with Crippen molar-refractivity contribution in [3.63, 3.8) is 0 Å². The molecule has 1 aromatic carbocycles. The Morgan fingerprint density at radius 2 is 2.21 bits per heavy atom. The Hall–Kier alpha value is -1.59. The van der Waals surface area contributed by atoms with Crippen molar-refractivity contribution in [1.29, 1.82) is 0 Å². The lowest BCUT2D eigenvalue weighted by Gasteiger charge is -2.11. The highest BCUT2D eigenvalue weighted by molar-refractivity contribution is 6.34. The molecule has 0 radical (unpaired) electrons. The molecule has 1 saturated heterocycles. The number of benzene rings is 1. The van der Waals surface area contributed by atoms with Crippen LogP contribution in [-0.4, -0.2) is 32.0 Å². The summed E-state index contributed by atoms with van der Waals surface area (Å²) in [5.74, 6) is -0.321. The topological polar surface area (TPSA) is 70.2 Å². The second-order valence-corrected chi connectivity index (χ2v) is 4.86. The fraction of sp³-hybridized carbons (Fsp3) is 0.385. The van der Waals surface area contributed by atoms with Gasteiger partial charge in [0.15, 0.2) is 0 Å². The van der Waals surface area contributed by atoms with Gasteiger partial charge in [-0.1, -0.05) is 11.6 Å². The third-order valence-electron chi connectivity index (χ3n) is 3.14. The zero-order valence-electron chi connectivity index (χ0n) is 10.6. The lowest BCUT2D eigenvalue weighted by Crippen LogP contribution is -2.25. The van der Waals surface area contributed by atoms with Gasteiger partial charge in [-0.25, -0.2) is 0 Å². The van der Waals surface area contributed by atoms with E-state index in [4.69, 9.17) is 11.6 Å². The molecule has 102 valence electrons. The first-order valence-corrected chi connectivity index (χ1v) is 6.53. The van der Waals surface area contributed by atoms with E-state index < -0.39 is 0 Å². The quantitative estimate of drug-likeness (QED) is 0.781. The summed E-state index contributed by atoms with van der Waals surface area (Å²) in [5, 5.41) is 8.83. The van der Waals surface area contributed by atoms with Crippen molar-refractivity contribution in [2.24, 2.45) is 5.92 Å². The zero-order valence-corrected chi connectivity index (χ0v) is 11.4. The van der Waals surface area contributed by atoms with Crippen LogP contribution in [0.15, 0.2) is 18.2 Å². The van der Waals surface area contributed by atoms with Crippen LogP contribution in [-0.2, 0) is 4.79 Å². The summed E-state index contributed by atoms with van der Waals surface area (Å²) in [5.41, 5.74) is 0.936. The molecule has 1 aliphatic heterocycles. The molecule has 1 aliphatic rings. The van der Waals surface area contributed by atoms with Gasteiger partial charge >= 0.3 is 0 Å². The smallest absolute Gasteiger partial charge is 0.252 e. The lowest BCUT2D eigenvalue weighted by molar-refractivity contribution is -0.119. The van der Waals surface area contributed by atoms with Crippen LogP contribution in [0.5, 0.6) is 0 Å². The molecule has 0 bridgehead atoms. The van der Waals surface area contributed by atoms with Gasteiger partial charge in [0.2, 0.25) is 5.91 Å². The van der Waals surface area contributed by atoms with Gasteiger partial charge in [-0.2, -0.15) is 0 Å². The number of rotatable bonds is 3. The average Bonchev–Trinajstić information content (AvgIpc) is 2.94. The van der Waals surface area contributed by atoms with Gasteiger partial charge in [0.1, 0.15) is 0 Å². The molecule has 1 heterocycles. The molecule has 6 heteroatoms. The fourth-order valence-corrected chi connectivity index (χ4v) is 2.24. The van der Waals surface area contributed by atoms with Gasteiger partial charge in [-0.3, -0.25) is 9.59 Å². The Morgan fingerprint density at radius 1 is 1.42 bits per heavy atom. The van der Waals surface area contributed by atoms with Gasteiger partial charge in [0.05, 0.1) is 16.5 Å². The third-order valence-corrected chi connectivity index (χ3v) is 3.47. The van der Waals surface area contributed by atoms with Crippen LogP contribution in [0, 0.1) is 5.92 Å². The van der Waals surface area contributed by atoms with E-state index in [9.17, 15) is 9.59 Å². The monoisotopic (exact) mass is 281 g/mol. The van der Waals surface area contributed by atoms with E-state index in [-0.39, 0.29) is 17.7 Å². The highest BCUT2D eigenvalue weighted by Crippen LogP contribution is 2.21. The first-order valence-electron chi connectivity index (χ1n) is 6.15. The Bertz CT molecular complexity index is 499. The molecule has 19 heavy (non-hydrogen) atoms. The van der Waals surface area contributed by atoms with E-state index >= 15 is 0 Å². The number of halogens is 1. The summed E-state index contributed by atoms with van der Waals surface area (Å²) in [4.78, 5) is 23.6. The average molecular weight is 282 g/mol. The van der Waals surface area contributed by atoms with Crippen LogP contribution in [0.4, 0.5) is 5.69 Å². The SMILES string of the molecule is CNC(=O)c1cc(NC(=O)C2CCNC2)ccc1Cl. The fourth-order valence-electron chi connectivity index (χ4n) is 2.03. The lowest BCUT2D eigenvalue weighted by atomic mass is 10.1. The zero-order chi connectivity index (χ0) is 13.8. The first-order chi connectivity index (χ1) is 9.11. The van der Waals surface area contributed by atoms with Crippen molar-refractivity contribution in [3.8, 4) is 0 Å². The van der Waals surface area contributed by atoms with Crippen molar-refractivity contribution < 1.29 is 9.59 Å². The molecule has 1 unspecified atom stereocenters. The summed E-state index contributed by atoms with van der Waals surface area (Å²) in [7, 11) is 1.54. The van der Waals surface area contributed by atoms with Gasteiger partial charge in [-0.05, 0) is 31.2 Å². The number of hydrogen-bond donors (Lipinski definition) is 3. The first kappa shape index (κ1) is 13.8. The molecular weight excluding hydrogens is 266 g/mol. The summed E-state index contributed by atoms with van der Waals surface area (Å²) < 4.78 is 0. The Morgan fingerprint density at radius 3 is 2.84 bits per heavy atom. The molecule has 0 spiro atoms. The number of amides is 2. The highest BCUT2D eigenvalue weighted by Gasteiger charge is 2.22. The maximum absolute atomic E-state index is 12.0. The van der Waals surface area contributed by atoms with Crippen molar-refractivity contribution in [2.45, 2.75) is 6.42 Å². The standard InChI is InChI=1S/C13H16ClN3O2/c1-15-13(19)10-6-9(2-3-11(10)14)17-12(18)8-4-5-16-7-8/h2-3,6,8,16H,4-5,7H2,1H3,(H,15,19)(H,17,18). The number of carbonyl (C=O) groups excluding carboxylic acids is 2. The molecule has 5 nitrogen and oxygen atoms in total. The van der Waals surface area contributed by atoms with Crippen LogP contribution in [0.3, 0.4) is 0 Å². The van der Waals surface area contributed by atoms with Gasteiger partial charge in [0, 0.05) is 19.3 Å². The molecule has 2 rings (SSSR count). The minimum absolute atomic E-state index is 0.0147. The molecule has 2 amide bonds. The van der Waals surface area contributed by atoms with Crippen molar-refractivity contribution >= 4 is 29.1 Å². The largest absolute Gasteiger partial charge is 0.355 e. The molecule has 1 fully saturated rings. The predicted octanol–water partition coefficient (Wildman–Crippen LogP) is 1.25. The van der Waals surface area contributed by atoms with Crippen LogP contribution >= 0.6 is 11.6 Å². The van der Waals surface area contributed by atoms with Crippen molar-refractivity contribution in [1.82, 2.24) is 10.6 Å². The summed E-state index contributed by atoms with van der Waals surface area (Å²) in [6.07, 6.45) is 0.835.